The lowest BCUT2D eigenvalue weighted by atomic mass is 10.2. The van der Waals surface area contributed by atoms with Gasteiger partial charge < -0.3 is 9.47 Å². The van der Waals surface area contributed by atoms with Gasteiger partial charge in [0.25, 0.3) is 0 Å². The molecule has 1 rings (SSSR count). The molecule has 0 bridgehead atoms. The van der Waals surface area contributed by atoms with Crippen LogP contribution in [0.25, 0.3) is 0 Å². The molecule has 0 amide bonds. The zero-order valence-corrected chi connectivity index (χ0v) is 6.41. The fourth-order valence-corrected chi connectivity index (χ4v) is 1.02. The lowest BCUT2D eigenvalue weighted by Gasteiger charge is -2.21. The zero-order valence-electron chi connectivity index (χ0n) is 6.41. The quantitative estimate of drug-likeness (QED) is 0.440. The molecule has 0 spiro atoms. The van der Waals surface area contributed by atoms with Gasteiger partial charge in [-0.05, 0) is 12.8 Å². The van der Waals surface area contributed by atoms with Gasteiger partial charge in [0, 0.05) is 12.7 Å². The first-order valence-electron chi connectivity index (χ1n) is 3.73. The summed E-state index contributed by atoms with van der Waals surface area (Å²) in [4.78, 5) is 10.7. The average Bonchev–Trinajstić information content (AvgIpc) is 2.06. The van der Waals surface area contributed by atoms with Gasteiger partial charge in [0.2, 0.25) is 0 Å². The maximum Gasteiger partial charge on any atom is 0.330 e. The van der Waals surface area contributed by atoms with Gasteiger partial charge in [-0.1, -0.05) is 6.58 Å². The van der Waals surface area contributed by atoms with Gasteiger partial charge in [-0.25, -0.2) is 4.79 Å². The minimum absolute atomic E-state index is 0.0609. The molecule has 11 heavy (non-hydrogen) atoms. The molecule has 0 aliphatic carbocycles. The molecule has 0 radical (unpaired) electrons. The van der Waals surface area contributed by atoms with Crippen LogP contribution in [0, 0.1) is 0 Å². The molecule has 62 valence electrons. The highest BCUT2D eigenvalue weighted by molar-refractivity contribution is 5.81. The van der Waals surface area contributed by atoms with Crippen LogP contribution in [0.5, 0.6) is 0 Å². The minimum Gasteiger partial charge on any atom is -0.457 e. The molecule has 0 aromatic rings. The predicted octanol–water partition coefficient (Wildman–Crippen LogP) is 0.895. The van der Waals surface area contributed by atoms with E-state index in [0.29, 0.717) is 6.61 Å². The molecular formula is C8H12O3. The number of carbonyl (C=O) groups excluding carboxylic acids is 1. The molecular weight excluding hydrogens is 144 g/mol. The van der Waals surface area contributed by atoms with Crippen molar-refractivity contribution in [1.82, 2.24) is 0 Å². The van der Waals surface area contributed by atoms with Crippen molar-refractivity contribution < 1.29 is 14.3 Å². The van der Waals surface area contributed by atoms with Crippen molar-refractivity contribution in [2.45, 2.75) is 18.9 Å². The Kier molecular flexibility index (Phi) is 3.11. The van der Waals surface area contributed by atoms with Crippen LogP contribution in [0.4, 0.5) is 0 Å². The van der Waals surface area contributed by atoms with Gasteiger partial charge in [-0.3, -0.25) is 0 Å². The van der Waals surface area contributed by atoms with Crippen molar-refractivity contribution in [3.8, 4) is 0 Å². The van der Waals surface area contributed by atoms with Crippen LogP contribution in [0.2, 0.25) is 0 Å². The maximum atomic E-state index is 10.7. The molecule has 1 aliphatic heterocycles. The van der Waals surface area contributed by atoms with Crippen molar-refractivity contribution in [3.05, 3.63) is 12.7 Å². The molecule has 0 aromatic heterocycles. The number of esters is 1. The summed E-state index contributed by atoms with van der Waals surface area (Å²) in [5.41, 5.74) is 0. The smallest absolute Gasteiger partial charge is 0.330 e. The van der Waals surface area contributed by atoms with Crippen LogP contribution in [-0.4, -0.2) is 25.3 Å². The van der Waals surface area contributed by atoms with E-state index in [1.807, 2.05) is 0 Å². The van der Waals surface area contributed by atoms with E-state index in [2.05, 4.69) is 6.58 Å². The summed E-state index contributed by atoms with van der Waals surface area (Å²) >= 11 is 0. The Labute approximate surface area is 66.0 Å². The lowest BCUT2D eigenvalue weighted by molar-refractivity contribution is -0.149. The average molecular weight is 156 g/mol. The van der Waals surface area contributed by atoms with Gasteiger partial charge >= 0.3 is 5.97 Å². The van der Waals surface area contributed by atoms with E-state index in [-0.39, 0.29) is 12.1 Å². The van der Waals surface area contributed by atoms with Crippen molar-refractivity contribution in [3.63, 3.8) is 0 Å². The first kappa shape index (κ1) is 8.27. The molecule has 1 fully saturated rings. The van der Waals surface area contributed by atoms with Crippen molar-refractivity contribution in [2.24, 2.45) is 0 Å². The summed E-state index contributed by atoms with van der Waals surface area (Å²) in [6.07, 6.45) is 2.98. The summed E-state index contributed by atoms with van der Waals surface area (Å²) < 4.78 is 10.1. The Morgan fingerprint density at radius 3 is 3.09 bits per heavy atom. The van der Waals surface area contributed by atoms with Gasteiger partial charge in [-0.15, -0.1) is 0 Å². The molecule has 1 saturated heterocycles. The molecule has 3 heteroatoms. The van der Waals surface area contributed by atoms with Crippen molar-refractivity contribution >= 4 is 5.97 Å². The normalized spacial score (nSPS) is 24.2. The third-order valence-corrected chi connectivity index (χ3v) is 1.57. The maximum absolute atomic E-state index is 10.7. The number of hydrogen-bond acceptors (Lipinski definition) is 3. The van der Waals surface area contributed by atoms with E-state index in [4.69, 9.17) is 9.47 Å². The summed E-state index contributed by atoms with van der Waals surface area (Å²) in [6, 6.07) is 0. The summed E-state index contributed by atoms with van der Waals surface area (Å²) in [6.45, 7) is 4.62. The van der Waals surface area contributed by atoms with Crippen LogP contribution < -0.4 is 0 Å². The monoisotopic (exact) mass is 156 g/mol. The van der Waals surface area contributed by atoms with Crippen LogP contribution >= 0.6 is 0 Å². The molecule has 0 N–H and O–H groups in total. The van der Waals surface area contributed by atoms with Crippen LogP contribution in [0.15, 0.2) is 12.7 Å². The van der Waals surface area contributed by atoms with Crippen molar-refractivity contribution in [1.29, 1.82) is 0 Å². The Morgan fingerprint density at radius 2 is 2.55 bits per heavy atom. The lowest BCUT2D eigenvalue weighted by Crippen LogP contribution is -2.27. The topological polar surface area (TPSA) is 35.5 Å². The highest BCUT2D eigenvalue weighted by atomic mass is 16.6. The summed E-state index contributed by atoms with van der Waals surface area (Å²) in [5.74, 6) is -0.361. The summed E-state index contributed by atoms with van der Waals surface area (Å²) in [5, 5.41) is 0. The second-order valence-corrected chi connectivity index (χ2v) is 2.48. The molecule has 3 nitrogen and oxygen atoms in total. The van der Waals surface area contributed by atoms with Crippen LogP contribution in [0.1, 0.15) is 12.8 Å². The number of rotatable bonds is 2. The highest BCUT2D eigenvalue weighted by Crippen LogP contribution is 2.09. The SMILES string of the molecule is C=CC(=O)OC1CCCOC1. The van der Waals surface area contributed by atoms with Gasteiger partial charge in [0.1, 0.15) is 6.10 Å². The number of hydrogen-bond donors (Lipinski definition) is 0. The zero-order chi connectivity index (χ0) is 8.10. The van der Waals surface area contributed by atoms with E-state index in [9.17, 15) is 4.79 Å². The van der Waals surface area contributed by atoms with Gasteiger partial charge in [-0.2, -0.15) is 0 Å². The van der Waals surface area contributed by atoms with Crippen molar-refractivity contribution in [2.75, 3.05) is 13.2 Å². The third kappa shape index (κ3) is 2.72. The van der Waals surface area contributed by atoms with Gasteiger partial charge in [0.15, 0.2) is 0 Å². The Morgan fingerprint density at radius 1 is 1.73 bits per heavy atom. The molecule has 1 unspecified atom stereocenters. The standard InChI is InChI=1S/C8H12O3/c1-2-8(9)11-7-4-3-5-10-6-7/h2,7H,1,3-6H2. The Balaban J connectivity index is 2.24. The predicted molar refractivity (Wildman–Crippen MR) is 40.1 cm³/mol. The van der Waals surface area contributed by atoms with E-state index < -0.39 is 0 Å². The Bertz CT molecular complexity index is 147. The molecule has 1 atom stereocenters. The molecule has 0 aromatic carbocycles. The Hall–Kier alpha value is -0.830. The molecule has 0 saturated carbocycles. The fraction of sp³-hybridized carbons (Fsp3) is 0.625. The first-order chi connectivity index (χ1) is 5.33. The first-order valence-corrected chi connectivity index (χ1v) is 3.73. The van der Waals surface area contributed by atoms with E-state index in [1.165, 1.54) is 6.08 Å². The fourth-order valence-electron chi connectivity index (χ4n) is 1.02. The van der Waals surface area contributed by atoms with E-state index in [1.54, 1.807) is 0 Å². The second-order valence-electron chi connectivity index (χ2n) is 2.48. The number of ether oxygens (including phenoxy) is 2. The van der Waals surface area contributed by atoms with Crippen LogP contribution in [-0.2, 0) is 14.3 Å². The minimum atomic E-state index is -0.361. The molecule has 1 heterocycles. The van der Waals surface area contributed by atoms with E-state index >= 15 is 0 Å². The third-order valence-electron chi connectivity index (χ3n) is 1.57. The largest absolute Gasteiger partial charge is 0.457 e. The molecule has 1 aliphatic rings. The summed E-state index contributed by atoms with van der Waals surface area (Å²) in [7, 11) is 0. The number of carbonyl (C=O) groups is 1. The van der Waals surface area contributed by atoms with Crippen LogP contribution in [0.3, 0.4) is 0 Å². The highest BCUT2D eigenvalue weighted by Gasteiger charge is 2.16. The second kappa shape index (κ2) is 4.13. The van der Waals surface area contributed by atoms with E-state index in [0.717, 1.165) is 19.4 Å². The van der Waals surface area contributed by atoms with Gasteiger partial charge in [0.05, 0.1) is 6.61 Å².